The minimum Gasteiger partial charge on any atom is -0.206 e. The zero-order valence-corrected chi connectivity index (χ0v) is 12.7. The summed E-state index contributed by atoms with van der Waals surface area (Å²) >= 11 is 3.53. The Balaban J connectivity index is 2.09. The molecular formula is C17H18BrF. The molecule has 0 aliphatic carbocycles. The highest BCUT2D eigenvalue weighted by atomic mass is 79.9. The highest BCUT2D eigenvalue weighted by molar-refractivity contribution is 9.09. The maximum Gasteiger partial charge on any atom is 0.131 e. The van der Waals surface area contributed by atoms with E-state index in [-0.39, 0.29) is 5.82 Å². The van der Waals surface area contributed by atoms with Crippen LogP contribution in [0.15, 0.2) is 48.5 Å². The summed E-state index contributed by atoms with van der Waals surface area (Å²) in [4.78, 5) is 0.529. The minimum atomic E-state index is -0.129. The quantitative estimate of drug-likeness (QED) is 0.629. The molecule has 0 bridgehead atoms. The van der Waals surface area contributed by atoms with E-state index in [1.807, 2.05) is 42.5 Å². The maximum atomic E-state index is 14.1. The first kappa shape index (κ1) is 14.3. The fourth-order valence-corrected chi connectivity index (χ4v) is 2.48. The van der Waals surface area contributed by atoms with Gasteiger partial charge in [0.1, 0.15) is 5.82 Å². The van der Waals surface area contributed by atoms with Gasteiger partial charge < -0.3 is 0 Å². The van der Waals surface area contributed by atoms with E-state index in [2.05, 4.69) is 22.9 Å². The Morgan fingerprint density at radius 3 is 2.47 bits per heavy atom. The summed E-state index contributed by atoms with van der Waals surface area (Å²) in [5, 5.41) is 0. The average Bonchev–Trinajstić information content (AvgIpc) is 2.39. The van der Waals surface area contributed by atoms with Crippen LogP contribution >= 0.6 is 15.9 Å². The van der Waals surface area contributed by atoms with Gasteiger partial charge in [0, 0.05) is 10.4 Å². The van der Waals surface area contributed by atoms with E-state index in [0.717, 1.165) is 30.4 Å². The Bertz CT molecular complexity index is 520. The predicted octanol–water partition coefficient (Wildman–Crippen LogP) is 5.60. The number of rotatable bonds is 5. The lowest BCUT2D eigenvalue weighted by atomic mass is 10.0. The van der Waals surface area contributed by atoms with Crippen LogP contribution in [0, 0.1) is 5.82 Å². The second-order valence-corrected chi connectivity index (χ2v) is 6.42. The van der Waals surface area contributed by atoms with Crippen LogP contribution in [0.3, 0.4) is 0 Å². The maximum absolute atomic E-state index is 14.1. The lowest BCUT2D eigenvalue weighted by Crippen LogP contribution is -1.94. The fourth-order valence-electron chi connectivity index (χ4n) is 2.15. The van der Waals surface area contributed by atoms with E-state index in [4.69, 9.17) is 0 Å². The van der Waals surface area contributed by atoms with Gasteiger partial charge in [-0.05, 0) is 36.5 Å². The van der Waals surface area contributed by atoms with Gasteiger partial charge in [-0.2, -0.15) is 0 Å². The molecule has 0 aromatic heterocycles. The lowest BCUT2D eigenvalue weighted by Gasteiger charge is -2.07. The number of benzene rings is 2. The molecule has 0 heterocycles. The predicted molar refractivity (Wildman–Crippen MR) is 83.2 cm³/mol. The first-order valence-corrected chi connectivity index (χ1v) is 7.56. The van der Waals surface area contributed by atoms with E-state index in [9.17, 15) is 4.39 Å². The van der Waals surface area contributed by atoms with Crippen molar-refractivity contribution in [3.8, 4) is 11.1 Å². The number of halogens is 2. The molecule has 2 rings (SSSR count). The van der Waals surface area contributed by atoms with Crippen molar-refractivity contribution in [2.75, 3.05) is 0 Å². The summed E-state index contributed by atoms with van der Waals surface area (Å²) in [7, 11) is 0. The molecule has 0 saturated carbocycles. The zero-order valence-electron chi connectivity index (χ0n) is 11.1. The average molecular weight is 321 g/mol. The van der Waals surface area contributed by atoms with Gasteiger partial charge in [0.2, 0.25) is 0 Å². The van der Waals surface area contributed by atoms with Gasteiger partial charge >= 0.3 is 0 Å². The Kier molecular flexibility index (Phi) is 5.15. The van der Waals surface area contributed by atoms with E-state index in [1.54, 1.807) is 6.07 Å². The number of alkyl halides is 1. The third-order valence-corrected chi connectivity index (χ3v) is 3.64. The summed E-state index contributed by atoms with van der Waals surface area (Å²) in [5.74, 6) is -0.129. The van der Waals surface area contributed by atoms with Crippen LogP contribution in [0.2, 0.25) is 0 Å². The summed E-state index contributed by atoms with van der Waals surface area (Å²) in [5.41, 5.74) is 2.68. The van der Waals surface area contributed by atoms with Crippen LogP contribution < -0.4 is 0 Å². The van der Waals surface area contributed by atoms with Crippen molar-refractivity contribution in [2.24, 2.45) is 0 Å². The topological polar surface area (TPSA) is 0 Å². The van der Waals surface area contributed by atoms with Crippen molar-refractivity contribution >= 4 is 15.9 Å². The molecule has 2 aromatic rings. The highest BCUT2D eigenvalue weighted by Crippen LogP contribution is 2.24. The Morgan fingerprint density at radius 1 is 1.11 bits per heavy atom. The molecule has 0 N–H and O–H groups in total. The molecule has 2 aromatic carbocycles. The second kappa shape index (κ2) is 6.85. The van der Waals surface area contributed by atoms with Crippen LogP contribution in [-0.2, 0) is 6.42 Å². The largest absolute Gasteiger partial charge is 0.206 e. The summed E-state index contributed by atoms with van der Waals surface area (Å²) < 4.78 is 14.1. The van der Waals surface area contributed by atoms with Crippen molar-refractivity contribution in [3.05, 3.63) is 59.9 Å². The van der Waals surface area contributed by atoms with Crippen molar-refractivity contribution in [2.45, 2.75) is 31.0 Å². The van der Waals surface area contributed by atoms with Crippen LogP contribution in [0.5, 0.6) is 0 Å². The van der Waals surface area contributed by atoms with E-state index in [1.165, 1.54) is 0 Å². The molecule has 19 heavy (non-hydrogen) atoms. The Hall–Kier alpha value is -1.15. The van der Waals surface area contributed by atoms with Gasteiger partial charge in [0.05, 0.1) is 0 Å². The van der Waals surface area contributed by atoms with Crippen LogP contribution in [0.4, 0.5) is 4.39 Å². The molecule has 0 aliphatic heterocycles. The van der Waals surface area contributed by atoms with Crippen LogP contribution in [-0.4, -0.2) is 4.83 Å². The zero-order chi connectivity index (χ0) is 13.7. The smallest absolute Gasteiger partial charge is 0.131 e. The standard InChI is InChI=1S/C17H18BrF/c1-13(18)6-5-7-14-10-11-16(17(19)12-14)15-8-3-2-4-9-15/h2-4,8-13H,5-7H2,1H3. The molecule has 0 spiro atoms. The molecule has 0 saturated heterocycles. The van der Waals surface area contributed by atoms with E-state index < -0.39 is 0 Å². The molecule has 0 nitrogen and oxygen atoms in total. The third-order valence-electron chi connectivity index (χ3n) is 3.19. The number of hydrogen-bond donors (Lipinski definition) is 0. The second-order valence-electron chi connectivity index (χ2n) is 4.85. The van der Waals surface area contributed by atoms with Gasteiger partial charge in [-0.25, -0.2) is 4.39 Å². The van der Waals surface area contributed by atoms with Crippen molar-refractivity contribution in [1.82, 2.24) is 0 Å². The minimum absolute atomic E-state index is 0.129. The SMILES string of the molecule is CC(Br)CCCc1ccc(-c2ccccc2)c(F)c1. The summed E-state index contributed by atoms with van der Waals surface area (Å²) in [6.07, 6.45) is 3.13. The molecule has 0 amide bonds. The van der Waals surface area contributed by atoms with Gasteiger partial charge in [0.15, 0.2) is 0 Å². The van der Waals surface area contributed by atoms with Crippen molar-refractivity contribution in [3.63, 3.8) is 0 Å². The molecular weight excluding hydrogens is 303 g/mol. The number of hydrogen-bond acceptors (Lipinski definition) is 0. The van der Waals surface area contributed by atoms with Gasteiger partial charge in [-0.3, -0.25) is 0 Å². The Labute approximate surface area is 122 Å². The van der Waals surface area contributed by atoms with E-state index in [0.29, 0.717) is 10.4 Å². The third kappa shape index (κ3) is 4.17. The Morgan fingerprint density at radius 2 is 1.84 bits per heavy atom. The fraction of sp³-hybridized carbons (Fsp3) is 0.294. The summed E-state index contributed by atoms with van der Waals surface area (Å²) in [6.45, 7) is 2.14. The van der Waals surface area contributed by atoms with Crippen molar-refractivity contribution < 1.29 is 4.39 Å². The van der Waals surface area contributed by atoms with Crippen molar-refractivity contribution in [1.29, 1.82) is 0 Å². The molecule has 1 atom stereocenters. The highest BCUT2D eigenvalue weighted by Gasteiger charge is 2.06. The van der Waals surface area contributed by atoms with E-state index >= 15 is 0 Å². The van der Waals surface area contributed by atoms with Crippen LogP contribution in [0.25, 0.3) is 11.1 Å². The first-order chi connectivity index (χ1) is 9.16. The van der Waals surface area contributed by atoms with Gasteiger partial charge in [-0.1, -0.05) is 65.3 Å². The molecule has 0 radical (unpaired) electrons. The first-order valence-electron chi connectivity index (χ1n) is 6.65. The van der Waals surface area contributed by atoms with Gasteiger partial charge in [-0.15, -0.1) is 0 Å². The molecule has 0 aliphatic rings. The monoisotopic (exact) mass is 320 g/mol. The molecule has 2 heteroatoms. The molecule has 1 unspecified atom stereocenters. The summed E-state index contributed by atoms with van der Waals surface area (Å²) in [6, 6.07) is 15.3. The van der Waals surface area contributed by atoms with Crippen LogP contribution in [0.1, 0.15) is 25.3 Å². The van der Waals surface area contributed by atoms with Gasteiger partial charge in [0.25, 0.3) is 0 Å². The molecule has 0 fully saturated rings. The molecule has 100 valence electrons. The normalized spacial score (nSPS) is 12.4. The lowest BCUT2D eigenvalue weighted by molar-refractivity contribution is 0.627. The number of aryl methyl sites for hydroxylation is 1.